The molecule has 3 rings (SSSR count). The fourth-order valence-electron chi connectivity index (χ4n) is 3.35. The molecule has 0 radical (unpaired) electrons. The van der Waals surface area contributed by atoms with Crippen LogP contribution in [0.2, 0.25) is 0 Å². The Kier molecular flexibility index (Phi) is 4.96. The van der Waals surface area contributed by atoms with Crippen molar-refractivity contribution in [2.75, 3.05) is 6.54 Å². The number of thiophene rings is 1. The Morgan fingerprint density at radius 1 is 1.26 bits per heavy atom. The van der Waals surface area contributed by atoms with Crippen LogP contribution < -0.4 is 0 Å². The average Bonchev–Trinajstić information content (AvgIpc) is 2.96. The first-order valence-corrected chi connectivity index (χ1v) is 8.99. The third-order valence-electron chi connectivity index (χ3n) is 4.54. The van der Waals surface area contributed by atoms with Crippen molar-refractivity contribution in [3.63, 3.8) is 0 Å². The monoisotopic (exact) mass is 331 g/mol. The minimum Gasteiger partial charge on any atom is -0.481 e. The number of carbonyl (C=O) groups excluding carboxylic acids is 1. The molecule has 1 unspecified atom stereocenters. The zero-order valence-corrected chi connectivity index (χ0v) is 13.8. The second-order valence-electron chi connectivity index (χ2n) is 6.10. The number of aliphatic carboxylic acids is 1. The van der Waals surface area contributed by atoms with E-state index in [9.17, 15) is 9.59 Å². The molecular weight excluding hydrogens is 310 g/mol. The van der Waals surface area contributed by atoms with Gasteiger partial charge in [0.1, 0.15) is 0 Å². The van der Waals surface area contributed by atoms with Gasteiger partial charge < -0.3 is 10.0 Å². The topological polar surface area (TPSA) is 57.6 Å². The molecule has 1 saturated heterocycles. The molecule has 4 nitrogen and oxygen atoms in total. The molecule has 5 heteroatoms. The van der Waals surface area contributed by atoms with Gasteiger partial charge in [-0.1, -0.05) is 18.2 Å². The highest BCUT2D eigenvalue weighted by Gasteiger charge is 2.27. The molecule has 1 atom stereocenters. The molecule has 0 spiro atoms. The largest absolute Gasteiger partial charge is 0.481 e. The summed E-state index contributed by atoms with van der Waals surface area (Å²) in [5, 5.41) is 12.1. The summed E-state index contributed by atoms with van der Waals surface area (Å²) in [6.07, 6.45) is 4.12. The van der Waals surface area contributed by atoms with E-state index < -0.39 is 5.97 Å². The normalized spacial score (nSPS) is 18.3. The third-order valence-corrected chi connectivity index (χ3v) is 5.55. The number of carboxylic acids is 1. The van der Waals surface area contributed by atoms with E-state index in [1.54, 1.807) is 11.3 Å². The predicted molar refractivity (Wildman–Crippen MR) is 91.8 cm³/mol. The number of rotatable bonds is 5. The van der Waals surface area contributed by atoms with E-state index in [2.05, 4.69) is 17.5 Å². The summed E-state index contributed by atoms with van der Waals surface area (Å²) >= 11 is 1.67. The van der Waals surface area contributed by atoms with Crippen LogP contribution in [-0.2, 0) is 16.0 Å². The number of piperidine rings is 1. The number of fused-ring (bicyclic) bond motifs is 1. The Bertz CT molecular complexity index is 709. The smallest absolute Gasteiger partial charge is 0.303 e. The minimum absolute atomic E-state index is 0.0808. The van der Waals surface area contributed by atoms with Crippen molar-refractivity contribution in [2.24, 2.45) is 0 Å². The Morgan fingerprint density at radius 2 is 2.09 bits per heavy atom. The van der Waals surface area contributed by atoms with E-state index in [0.29, 0.717) is 12.8 Å². The zero-order chi connectivity index (χ0) is 16.2. The molecule has 0 bridgehead atoms. The lowest BCUT2D eigenvalue weighted by Crippen LogP contribution is -2.44. The maximum Gasteiger partial charge on any atom is 0.303 e. The van der Waals surface area contributed by atoms with Crippen LogP contribution in [0.3, 0.4) is 0 Å². The number of benzene rings is 1. The van der Waals surface area contributed by atoms with E-state index in [1.165, 1.54) is 4.70 Å². The fraction of sp³-hybridized carbons (Fsp3) is 0.444. The zero-order valence-electron chi connectivity index (χ0n) is 13.0. The number of amides is 1. The summed E-state index contributed by atoms with van der Waals surface area (Å²) in [4.78, 5) is 25.5. The van der Waals surface area contributed by atoms with Gasteiger partial charge in [-0.15, -0.1) is 11.3 Å². The lowest BCUT2D eigenvalue weighted by atomic mass is 9.97. The summed E-state index contributed by atoms with van der Waals surface area (Å²) in [6.45, 7) is 0.755. The first-order valence-electron chi connectivity index (χ1n) is 8.11. The molecular formula is C18H21NO3S. The molecule has 0 aliphatic carbocycles. The molecule has 1 aliphatic rings. The lowest BCUT2D eigenvalue weighted by Gasteiger charge is -2.35. The highest BCUT2D eigenvalue weighted by atomic mass is 32.1. The van der Waals surface area contributed by atoms with Gasteiger partial charge in [0, 0.05) is 23.7 Å². The molecule has 1 aliphatic heterocycles. The Hall–Kier alpha value is -1.88. The second-order valence-corrected chi connectivity index (χ2v) is 7.01. The van der Waals surface area contributed by atoms with Crippen molar-refractivity contribution in [3.8, 4) is 0 Å². The Labute approximate surface area is 139 Å². The van der Waals surface area contributed by atoms with Crippen LogP contribution in [-0.4, -0.2) is 34.5 Å². The minimum atomic E-state index is -0.785. The molecule has 23 heavy (non-hydrogen) atoms. The maximum atomic E-state index is 12.7. The van der Waals surface area contributed by atoms with E-state index >= 15 is 0 Å². The SMILES string of the molecule is O=C(O)CCC1CCCCN1C(=O)Cc1csc2ccccc12. The average molecular weight is 331 g/mol. The molecule has 122 valence electrons. The van der Waals surface area contributed by atoms with E-state index in [4.69, 9.17) is 5.11 Å². The Balaban J connectivity index is 1.71. The number of carboxylic acid groups (broad SMARTS) is 1. The number of hydrogen-bond donors (Lipinski definition) is 1. The fourth-order valence-corrected chi connectivity index (χ4v) is 4.32. The van der Waals surface area contributed by atoms with Gasteiger partial charge in [0.05, 0.1) is 6.42 Å². The van der Waals surface area contributed by atoms with Crippen molar-refractivity contribution >= 4 is 33.3 Å². The molecule has 1 aromatic carbocycles. The van der Waals surface area contributed by atoms with Crippen molar-refractivity contribution in [2.45, 2.75) is 44.6 Å². The number of likely N-dealkylation sites (tertiary alicyclic amines) is 1. The van der Waals surface area contributed by atoms with Crippen LogP contribution in [0.5, 0.6) is 0 Å². The van der Waals surface area contributed by atoms with E-state index in [1.807, 2.05) is 17.0 Å². The van der Waals surface area contributed by atoms with Gasteiger partial charge in [-0.2, -0.15) is 0 Å². The van der Waals surface area contributed by atoms with Crippen molar-refractivity contribution < 1.29 is 14.7 Å². The van der Waals surface area contributed by atoms with Crippen LogP contribution in [0.4, 0.5) is 0 Å². The van der Waals surface area contributed by atoms with Crippen LogP contribution in [0.1, 0.15) is 37.7 Å². The van der Waals surface area contributed by atoms with Gasteiger partial charge in [0.25, 0.3) is 0 Å². The third kappa shape index (κ3) is 3.72. The van der Waals surface area contributed by atoms with Crippen LogP contribution in [0.25, 0.3) is 10.1 Å². The standard InChI is InChI=1S/C18H21NO3S/c20-17(11-13-12-23-16-7-2-1-6-15(13)16)19-10-4-3-5-14(19)8-9-18(21)22/h1-2,6-7,12,14H,3-5,8-11H2,(H,21,22). The quantitative estimate of drug-likeness (QED) is 0.909. The molecule has 0 saturated carbocycles. The maximum absolute atomic E-state index is 12.7. The van der Waals surface area contributed by atoms with Crippen LogP contribution in [0, 0.1) is 0 Å². The van der Waals surface area contributed by atoms with Gasteiger partial charge in [-0.05, 0) is 48.1 Å². The molecule has 2 heterocycles. The predicted octanol–water partition coefficient (Wildman–Crippen LogP) is 3.69. The van der Waals surface area contributed by atoms with Crippen molar-refractivity contribution in [3.05, 3.63) is 35.2 Å². The molecule has 1 N–H and O–H groups in total. The van der Waals surface area contributed by atoms with E-state index in [-0.39, 0.29) is 18.4 Å². The van der Waals surface area contributed by atoms with Gasteiger partial charge >= 0.3 is 5.97 Å². The summed E-state index contributed by atoms with van der Waals surface area (Å²) in [5.74, 6) is -0.657. The van der Waals surface area contributed by atoms with Crippen LogP contribution in [0.15, 0.2) is 29.6 Å². The molecule has 1 fully saturated rings. The molecule has 1 amide bonds. The van der Waals surface area contributed by atoms with Crippen molar-refractivity contribution in [1.82, 2.24) is 4.90 Å². The first-order chi connectivity index (χ1) is 11.1. The van der Waals surface area contributed by atoms with Crippen molar-refractivity contribution in [1.29, 1.82) is 0 Å². The summed E-state index contributed by atoms with van der Waals surface area (Å²) in [5.41, 5.74) is 1.08. The molecule has 1 aromatic heterocycles. The summed E-state index contributed by atoms with van der Waals surface area (Å²) in [6, 6.07) is 8.23. The van der Waals surface area contributed by atoms with Gasteiger partial charge in [0.2, 0.25) is 5.91 Å². The molecule has 2 aromatic rings. The van der Waals surface area contributed by atoms with Crippen LogP contribution >= 0.6 is 11.3 Å². The van der Waals surface area contributed by atoms with Gasteiger partial charge in [-0.25, -0.2) is 0 Å². The Morgan fingerprint density at radius 3 is 2.91 bits per heavy atom. The number of nitrogens with zero attached hydrogens (tertiary/aromatic N) is 1. The second kappa shape index (κ2) is 7.13. The van der Waals surface area contributed by atoms with E-state index in [0.717, 1.165) is 36.8 Å². The lowest BCUT2D eigenvalue weighted by molar-refractivity contribution is -0.139. The first kappa shape index (κ1) is 16.0. The van der Waals surface area contributed by atoms with Gasteiger partial charge in [-0.3, -0.25) is 9.59 Å². The summed E-state index contributed by atoms with van der Waals surface area (Å²) < 4.78 is 1.20. The number of hydrogen-bond acceptors (Lipinski definition) is 3. The van der Waals surface area contributed by atoms with Gasteiger partial charge in [0.15, 0.2) is 0 Å². The number of carbonyl (C=O) groups is 2. The highest BCUT2D eigenvalue weighted by molar-refractivity contribution is 7.17. The highest BCUT2D eigenvalue weighted by Crippen LogP contribution is 2.28. The summed E-state index contributed by atoms with van der Waals surface area (Å²) in [7, 11) is 0.